The lowest BCUT2D eigenvalue weighted by atomic mass is 10.0. The molecule has 1 rings (SSSR count). The van der Waals surface area contributed by atoms with E-state index in [1.807, 2.05) is 0 Å². The zero-order chi connectivity index (χ0) is 9.84. The van der Waals surface area contributed by atoms with Gasteiger partial charge in [-0.05, 0) is 6.42 Å². The molecule has 1 aliphatic carbocycles. The smallest absolute Gasteiger partial charge is 0.312 e. The molecule has 0 aromatic heterocycles. The number of hydrogen-bond donors (Lipinski definition) is 3. The first-order valence-electron chi connectivity index (χ1n) is 3.83. The summed E-state index contributed by atoms with van der Waals surface area (Å²) < 4.78 is 0. The van der Waals surface area contributed by atoms with Gasteiger partial charge in [-0.3, -0.25) is 4.79 Å². The standard InChI is InChI=1S/C8H11N3O2/c9-7(12)5-1-3-6(4-2-5)11-8(10)13/h1-3,6H,4H2,(H2,9,12)(H3,10,11,13). The Hall–Kier alpha value is -1.78. The monoisotopic (exact) mass is 181 g/mol. The van der Waals surface area contributed by atoms with Crippen LogP contribution in [-0.4, -0.2) is 18.0 Å². The van der Waals surface area contributed by atoms with E-state index in [2.05, 4.69) is 5.32 Å². The molecule has 5 heteroatoms. The van der Waals surface area contributed by atoms with Crippen LogP contribution in [0.3, 0.4) is 0 Å². The lowest BCUT2D eigenvalue weighted by Gasteiger charge is -2.14. The average molecular weight is 181 g/mol. The van der Waals surface area contributed by atoms with E-state index in [-0.39, 0.29) is 6.04 Å². The zero-order valence-electron chi connectivity index (χ0n) is 6.99. The van der Waals surface area contributed by atoms with Crippen LogP contribution in [-0.2, 0) is 4.79 Å². The van der Waals surface area contributed by atoms with Gasteiger partial charge in [-0.25, -0.2) is 4.79 Å². The number of rotatable bonds is 2. The van der Waals surface area contributed by atoms with Gasteiger partial charge in [-0.1, -0.05) is 18.2 Å². The van der Waals surface area contributed by atoms with Gasteiger partial charge in [0.15, 0.2) is 0 Å². The minimum Gasteiger partial charge on any atom is -0.366 e. The first-order chi connectivity index (χ1) is 6.09. The molecule has 70 valence electrons. The van der Waals surface area contributed by atoms with Gasteiger partial charge in [-0.2, -0.15) is 0 Å². The summed E-state index contributed by atoms with van der Waals surface area (Å²) in [7, 11) is 0. The summed E-state index contributed by atoms with van der Waals surface area (Å²) in [6.07, 6.45) is 5.47. The number of nitrogens with one attached hydrogen (secondary N) is 1. The number of hydrogen-bond acceptors (Lipinski definition) is 2. The van der Waals surface area contributed by atoms with Gasteiger partial charge in [0.2, 0.25) is 5.91 Å². The third-order valence-corrected chi connectivity index (χ3v) is 1.71. The molecule has 0 aromatic carbocycles. The van der Waals surface area contributed by atoms with Crippen molar-refractivity contribution < 1.29 is 9.59 Å². The molecule has 3 amide bonds. The van der Waals surface area contributed by atoms with Gasteiger partial charge in [-0.15, -0.1) is 0 Å². The van der Waals surface area contributed by atoms with Crippen LogP contribution in [0.4, 0.5) is 4.79 Å². The summed E-state index contributed by atoms with van der Waals surface area (Å²) in [4.78, 5) is 21.1. The van der Waals surface area contributed by atoms with Crippen molar-refractivity contribution >= 4 is 11.9 Å². The number of carbonyl (C=O) groups is 2. The number of carbonyl (C=O) groups excluding carboxylic acids is 2. The lowest BCUT2D eigenvalue weighted by molar-refractivity contribution is -0.114. The predicted octanol–water partition coefficient (Wildman–Crippen LogP) is -0.605. The Labute approximate surface area is 75.5 Å². The first kappa shape index (κ1) is 9.31. The van der Waals surface area contributed by atoms with Crippen molar-refractivity contribution in [3.63, 3.8) is 0 Å². The molecule has 0 aliphatic heterocycles. The van der Waals surface area contributed by atoms with Crippen molar-refractivity contribution in [3.8, 4) is 0 Å². The molecule has 0 spiro atoms. The Bertz CT molecular complexity index is 294. The Morgan fingerprint density at radius 3 is 2.54 bits per heavy atom. The fourth-order valence-corrected chi connectivity index (χ4v) is 1.09. The molecule has 13 heavy (non-hydrogen) atoms. The minimum atomic E-state index is -0.578. The van der Waals surface area contributed by atoms with Crippen LogP contribution in [0.25, 0.3) is 0 Å². The Morgan fingerprint density at radius 2 is 2.15 bits per heavy atom. The SMILES string of the molecule is NC(=O)NC1C=CC(C(N)=O)=CC1. The van der Waals surface area contributed by atoms with E-state index < -0.39 is 11.9 Å². The second-order valence-corrected chi connectivity index (χ2v) is 2.73. The molecule has 0 saturated heterocycles. The Morgan fingerprint density at radius 1 is 1.46 bits per heavy atom. The third-order valence-electron chi connectivity index (χ3n) is 1.71. The number of amides is 3. The highest BCUT2D eigenvalue weighted by Gasteiger charge is 2.11. The predicted molar refractivity (Wildman–Crippen MR) is 47.5 cm³/mol. The molecule has 0 bridgehead atoms. The number of nitrogens with two attached hydrogens (primary N) is 2. The summed E-state index contributed by atoms with van der Waals surface area (Å²) in [5.74, 6) is -0.464. The van der Waals surface area contributed by atoms with Gasteiger partial charge in [0.05, 0.1) is 6.04 Å². The van der Waals surface area contributed by atoms with Crippen LogP contribution >= 0.6 is 0 Å². The average Bonchev–Trinajstić information content (AvgIpc) is 2.04. The molecule has 5 N–H and O–H groups in total. The van der Waals surface area contributed by atoms with E-state index in [4.69, 9.17) is 11.5 Å². The minimum absolute atomic E-state index is 0.138. The molecular formula is C8H11N3O2. The molecule has 0 aromatic rings. The summed E-state index contributed by atoms with van der Waals surface area (Å²) in [5, 5.41) is 2.50. The van der Waals surface area contributed by atoms with E-state index >= 15 is 0 Å². The molecular weight excluding hydrogens is 170 g/mol. The van der Waals surface area contributed by atoms with E-state index in [0.29, 0.717) is 12.0 Å². The third kappa shape index (κ3) is 2.62. The van der Waals surface area contributed by atoms with Crippen molar-refractivity contribution in [3.05, 3.63) is 23.8 Å². The van der Waals surface area contributed by atoms with Crippen molar-refractivity contribution in [1.82, 2.24) is 5.32 Å². The summed E-state index contributed by atoms with van der Waals surface area (Å²) in [6, 6.07) is -0.717. The quantitative estimate of drug-likeness (QED) is 0.529. The highest BCUT2D eigenvalue weighted by atomic mass is 16.2. The van der Waals surface area contributed by atoms with Crippen molar-refractivity contribution in [2.24, 2.45) is 11.5 Å². The highest BCUT2D eigenvalue weighted by molar-refractivity contribution is 5.95. The van der Waals surface area contributed by atoms with Crippen molar-refractivity contribution in [2.75, 3.05) is 0 Å². The van der Waals surface area contributed by atoms with Gasteiger partial charge in [0.1, 0.15) is 0 Å². The van der Waals surface area contributed by atoms with Gasteiger partial charge in [0, 0.05) is 5.57 Å². The van der Waals surface area contributed by atoms with E-state index in [0.717, 1.165) is 0 Å². The van der Waals surface area contributed by atoms with Crippen LogP contribution < -0.4 is 16.8 Å². The van der Waals surface area contributed by atoms with Crippen LogP contribution in [0, 0.1) is 0 Å². The maximum absolute atomic E-state index is 10.7. The maximum Gasteiger partial charge on any atom is 0.312 e. The van der Waals surface area contributed by atoms with E-state index in [9.17, 15) is 9.59 Å². The van der Waals surface area contributed by atoms with Gasteiger partial charge < -0.3 is 16.8 Å². The fourth-order valence-electron chi connectivity index (χ4n) is 1.09. The maximum atomic E-state index is 10.7. The van der Waals surface area contributed by atoms with Crippen LogP contribution in [0.2, 0.25) is 0 Å². The summed E-state index contributed by atoms with van der Waals surface area (Å²) in [6.45, 7) is 0. The fraction of sp³-hybridized carbons (Fsp3) is 0.250. The second-order valence-electron chi connectivity index (χ2n) is 2.73. The molecule has 0 heterocycles. The van der Waals surface area contributed by atoms with Crippen molar-refractivity contribution in [2.45, 2.75) is 12.5 Å². The highest BCUT2D eigenvalue weighted by Crippen LogP contribution is 2.09. The molecule has 1 aliphatic rings. The molecule has 0 saturated carbocycles. The Kier molecular flexibility index (Phi) is 2.69. The van der Waals surface area contributed by atoms with Crippen LogP contribution in [0.5, 0.6) is 0 Å². The van der Waals surface area contributed by atoms with Gasteiger partial charge in [0.25, 0.3) is 0 Å². The summed E-state index contributed by atoms with van der Waals surface area (Å²) in [5.41, 5.74) is 10.4. The second kappa shape index (κ2) is 3.75. The largest absolute Gasteiger partial charge is 0.366 e. The van der Waals surface area contributed by atoms with Crippen LogP contribution in [0.1, 0.15) is 6.42 Å². The van der Waals surface area contributed by atoms with Crippen molar-refractivity contribution in [1.29, 1.82) is 0 Å². The zero-order valence-corrected chi connectivity index (χ0v) is 6.99. The summed E-state index contributed by atoms with van der Waals surface area (Å²) >= 11 is 0. The molecule has 1 unspecified atom stereocenters. The molecule has 0 radical (unpaired) electrons. The molecule has 0 fully saturated rings. The van der Waals surface area contributed by atoms with Crippen LogP contribution in [0.15, 0.2) is 23.8 Å². The van der Waals surface area contributed by atoms with Gasteiger partial charge >= 0.3 is 6.03 Å². The Balaban J connectivity index is 2.53. The first-order valence-corrected chi connectivity index (χ1v) is 3.83. The van der Waals surface area contributed by atoms with E-state index in [1.54, 1.807) is 18.2 Å². The number of urea groups is 1. The molecule has 5 nitrogen and oxygen atoms in total. The number of primary amides is 2. The normalized spacial score (nSPS) is 20.6. The lowest BCUT2D eigenvalue weighted by Crippen LogP contribution is -2.38. The van der Waals surface area contributed by atoms with E-state index in [1.165, 1.54) is 0 Å². The molecule has 1 atom stereocenters. The topological polar surface area (TPSA) is 98.2 Å².